The van der Waals surface area contributed by atoms with Crippen molar-refractivity contribution in [2.45, 2.75) is 38.8 Å². The Morgan fingerprint density at radius 1 is 1.43 bits per heavy atom. The Morgan fingerprint density at radius 2 is 2.14 bits per heavy atom. The molecule has 2 N–H and O–H groups in total. The van der Waals surface area contributed by atoms with Crippen LogP contribution in [0.1, 0.15) is 26.7 Å². The molecule has 3 unspecified atom stereocenters. The van der Waals surface area contributed by atoms with E-state index in [1.165, 1.54) is 0 Å². The van der Waals surface area contributed by atoms with Gasteiger partial charge < -0.3 is 24.8 Å². The summed E-state index contributed by atoms with van der Waals surface area (Å²) in [5.41, 5.74) is 0. The van der Waals surface area contributed by atoms with Gasteiger partial charge in [0.2, 0.25) is 0 Å². The molecule has 122 valence electrons. The summed E-state index contributed by atoms with van der Waals surface area (Å²) in [6.45, 7) is 5.18. The predicted molar refractivity (Wildman–Crippen MR) is 77.2 cm³/mol. The minimum absolute atomic E-state index is 0.0628. The molecule has 1 aliphatic rings. The molecule has 0 aromatic rings. The van der Waals surface area contributed by atoms with Crippen LogP contribution in [-0.4, -0.2) is 67.6 Å². The summed E-state index contributed by atoms with van der Waals surface area (Å²) in [4.78, 5) is 25.2. The average molecular weight is 302 g/mol. The number of likely N-dealkylation sites (N-methyl/N-ethyl adjacent to an activating group) is 1. The van der Waals surface area contributed by atoms with Gasteiger partial charge in [0.15, 0.2) is 0 Å². The van der Waals surface area contributed by atoms with Crippen LogP contribution in [0.4, 0.5) is 4.79 Å². The third kappa shape index (κ3) is 4.86. The number of rotatable bonds is 8. The van der Waals surface area contributed by atoms with E-state index in [0.717, 1.165) is 12.8 Å². The molecule has 0 aromatic carbocycles. The molecule has 7 heteroatoms. The van der Waals surface area contributed by atoms with E-state index in [1.807, 2.05) is 13.8 Å². The van der Waals surface area contributed by atoms with Crippen LogP contribution in [-0.2, 0) is 14.3 Å². The molecule has 0 bridgehead atoms. The van der Waals surface area contributed by atoms with Gasteiger partial charge in [-0.25, -0.2) is 4.79 Å². The number of ether oxygens (including phenoxy) is 2. The monoisotopic (exact) mass is 302 g/mol. The molecule has 7 nitrogen and oxygen atoms in total. The Bertz CT molecular complexity index is 344. The number of hydrogen-bond acceptors (Lipinski definition) is 4. The highest BCUT2D eigenvalue weighted by Crippen LogP contribution is 2.20. The number of carbonyl (C=O) groups is 2. The largest absolute Gasteiger partial charge is 0.481 e. The van der Waals surface area contributed by atoms with Crippen LogP contribution in [0.3, 0.4) is 0 Å². The molecule has 2 amide bonds. The van der Waals surface area contributed by atoms with E-state index in [-0.39, 0.29) is 25.3 Å². The Balaban J connectivity index is 2.69. The molecule has 3 atom stereocenters. The van der Waals surface area contributed by atoms with Gasteiger partial charge >= 0.3 is 12.0 Å². The molecule has 0 spiro atoms. The zero-order chi connectivity index (χ0) is 15.8. The van der Waals surface area contributed by atoms with E-state index in [4.69, 9.17) is 9.47 Å². The summed E-state index contributed by atoms with van der Waals surface area (Å²) in [5.74, 6) is -1.59. The number of carbonyl (C=O) groups excluding carboxylic acids is 1. The number of nitrogens with zero attached hydrogens (tertiary/aromatic N) is 1. The molecule has 1 aliphatic heterocycles. The number of carboxylic acids is 1. The lowest BCUT2D eigenvalue weighted by Gasteiger charge is -2.31. The van der Waals surface area contributed by atoms with E-state index < -0.39 is 17.9 Å². The maximum Gasteiger partial charge on any atom is 0.318 e. The SMILES string of the molecule is CCCC(COC)NC(=O)N(CC)C1COCC1C(=O)O. The van der Waals surface area contributed by atoms with Gasteiger partial charge in [0.05, 0.1) is 31.9 Å². The normalized spacial score (nSPS) is 22.8. The van der Waals surface area contributed by atoms with Crippen molar-refractivity contribution in [3.05, 3.63) is 0 Å². The molecule has 21 heavy (non-hydrogen) atoms. The Morgan fingerprint density at radius 3 is 2.67 bits per heavy atom. The van der Waals surface area contributed by atoms with Crippen LogP contribution < -0.4 is 5.32 Å². The molecule has 1 rings (SSSR count). The summed E-state index contributed by atoms with van der Waals surface area (Å²) in [7, 11) is 1.59. The zero-order valence-corrected chi connectivity index (χ0v) is 13.0. The minimum Gasteiger partial charge on any atom is -0.481 e. The fourth-order valence-electron chi connectivity index (χ4n) is 2.62. The first-order chi connectivity index (χ1) is 10.0. The van der Waals surface area contributed by atoms with Crippen molar-refractivity contribution in [2.24, 2.45) is 5.92 Å². The van der Waals surface area contributed by atoms with Gasteiger partial charge in [0.1, 0.15) is 5.92 Å². The van der Waals surface area contributed by atoms with E-state index in [9.17, 15) is 14.7 Å². The lowest BCUT2D eigenvalue weighted by molar-refractivity contribution is -0.142. The molecule has 0 aliphatic carbocycles. The van der Waals surface area contributed by atoms with E-state index >= 15 is 0 Å². The second-order valence-electron chi connectivity index (χ2n) is 5.23. The molecule has 1 saturated heterocycles. The van der Waals surface area contributed by atoms with Crippen LogP contribution in [0.5, 0.6) is 0 Å². The van der Waals surface area contributed by atoms with Gasteiger partial charge in [-0.15, -0.1) is 0 Å². The Kier molecular flexibility index (Phi) is 7.45. The number of methoxy groups -OCH3 is 1. The minimum atomic E-state index is -0.925. The number of carboxylic acid groups (broad SMARTS) is 1. The van der Waals surface area contributed by atoms with Crippen molar-refractivity contribution in [1.29, 1.82) is 0 Å². The third-order valence-corrected chi connectivity index (χ3v) is 3.70. The van der Waals surface area contributed by atoms with Gasteiger partial charge in [0, 0.05) is 13.7 Å². The second-order valence-corrected chi connectivity index (χ2v) is 5.23. The van der Waals surface area contributed by atoms with Crippen molar-refractivity contribution < 1.29 is 24.2 Å². The van der Waals surface area contributed by atoms with Gasteiger partial charge in [-0.05, 0) is 13.3 Å². The smallest absolute Gasteiger partial charge is 0.318 e. The molecule has 1 fully saturated rings. The summed E-state index contributed by atoms with van der Waals surface area (Å²) in [6.07, 6.45) is 1.76. The quantitative estimate of drug-likeness (QED) is 0.696. The van der Waals surface area contributed by atoms with Crippen LogP contribution in [0.25, 0.3) is 0 Å². The molecular formula is C14H26N2O5. The van der Waals surface area contributed by atoms with Crippen LogP contribution in [0.15, 0.2) is 0 Å². The highest BCUT2D eigenvalue weighted by molar-refractivity contribution is 5.77. The van der Waals surface area contributed by atoms with Crippen molar-refractivity contribution in [3.63, 3.8) is 0 Å². The van der Waals surface area contributed by atoms with E-state index in [1.54, 1.807) is 12.0 Å². The molecule has 0 saturated carbocycles. The van der Waals surface area contributed by atoms with Crippen LogP contribution in [0.2, 0.25) is 0 Å². The lowest BCUT2D eigenvalue weighted by Crippen LogP contribution is -2.53. The summed E-state index contributed by atoms with van der Waals surface area (Å²) in [5, 5.41) is 12.1. The second kappa shape index (κ2) is 8.84. The fraction of sp³-hybridized carbons (Fsp3) is 0.857. The summed E-state index contributed by atoms with van der Waals surface area (Å²) in [6, 6.07) is -0.737. The fourth-order valence-corrected chi connectivity index (χ4v) is 2.62. The maximum atomic E-state index is 12.4. The highest BCUT2D eigenvalue weighted by Gasteiger charge is 2.39. The van der Waals surface area contributed by atoms with Crippen molar-refractivity contribution in [2.75, 3.05) is 33.5 Å². The maximum absolute atomic E-state index is 12.4. The Labute approximate surface area is 125 Å². The number of hydrogen-bond donors (Lipinski definition) is 2. The molecule has 0 aromatic heterocycles. The van der Waals surface area contributed by atoms with Crippen LogP contribution >= 0.6 is 0 Å². The zero-order valence-electron chi connectivity index (χ0n) is 13.0. The van der Waals surface area contributed by atoms with Crippen LogP contribution in [0, 0.1) is 5.92 Å². The van der Waals surface area contributed by atoms with E-state index in [2.05, 4.69) is 5.32 Å². The Hall–Kier alpha value is -1.34. The van der Waals surface area contributed by atoms with Gasteiger partial charge in [-0.3, -0.25) is 4.79 Å². The molecular weight excluding hydrogens is 276 g/mol. The highest BCUT2D eigenvalue weighted by atomic mass is 16.5. The average Bonchev–Trinajstić information content (AvgIpc) is 2.89. The summed E-state index contributed by atoms with van der Waals surface area (Å²) < 4.78 is 10.3. The van der Waals surface area contributed by atoms with Crippen molar-refractivity contribution in [1.82, 2.24) is 10.2 Å². The first kappa shape index (κ1) is 17.7. The summed E-state index contributed by atoms with van der Waals surface area (Å²) >= 11 is 0. The van der Waals surface area contributed by atoms with Crippen molar-refractivity contribution >= 4 is 12.0 Å². The predicted octanol–water partition coefficient (Wildman–Crippen LogP) is 0.933. The lowest BCUT2D eigenvalue weighted by atomic mass is 10.0. The standard InChI is InChI=1S/C14H26N2O5/c1-4-6-10(7-20-3)15-14(19)16(5-2)12-9-21-8-11(12)13(17)18/h10-12H,4-9H2,1-3H3,(H,15,19)(H,17,18). The van der Waals surface area contributed by atoms with Crippen molar-refractivity contribution in [3.8, 4) is 0 Å². The molecule has 1 heterocycles. The van der Waals surface area contributed by atoms with Gasteiger partial charge in [0.25, 0.3) is 0 Å². The number of amides is 2. The van der Waals surface area contributed by atoms with Gasteiger partial charge in [-0.2, -0.15) is 0 Å². The number of urea groups is 1. The first-order valence-corrected chi connectivity index (χ1v) is 7.41. The van der Waals surface area contributed by atoms with Gasteiger partial charge in [-0.1, -0.05) is 13.3 Å². The topological polar surface area (TPSA) is 88.1 Å². The first-order valence-electron chi connectivity index (χ1n) is 7.41. The molecule has 0 radical (unpaired) electrons. The third-order valence-electron chi connectivity index (χ3n) is 3.70. The number of aliphatic carboxylic acids is 1. The number of nitrogens with one attached hydrogen (secondary N) is 1. The van der Waals surface area contributed by atoms with E-state index in [0.29, 0.717) is 13.2 Å².